The molecule has 668 valence electrons. The fourth-order valence-corrected chi connectivity index (χ4v) is 13.4. The van der Waals surface area contributed by atoms with Gasteiger partial charge in [-0.15, -0.1) is 23.0 Å². The van der Waals surface area contributed by atoms with Crippen LogP contribution in [0.3, 0.4) is 0 Å². The molecule has 0 amide bonds. The monoisotopic (exact) mass is 1900 g/mol. The molecule has 0 aromatic rings. The van der Waals surface area contributed by atoms with Gasteiger partial charge in [-0.25, -0.2) is 0 Å². The zero-order chi connectivity index (χ0) is 79.4. The molecule has 0 aromatic heterocycles. The van der Waals surface area contributed by atoms with E-state index in [4.69, 9.17) is 69.5 Å². The maximum Gasteiger partial charge on any atom is 2.00 e. The van der Waals surface area contributed by atoms with Crippen molar-refractivity contribution in [3.8, 4) is 0 Å². The van der Waals surface area contributed by atoms with Crippen molar-refractivity contribution in [2.75, 3.05) is 49.4 Å². The molecule has 0 rings (SSSR count). The summed E-state index contributed by atoms with van der Waals surface area (Å²) in [6.07, 6.45) is 111. The Kier molecular flexibility index (Phi) is 148. The molecule has 0 aliphatic heterocycles. The van der Waals surface area contributed by atoms with Crippen LogP contribution in [0, 0.1) is 0 Å². The summed E-state index contributed by atoms with van der Waals surface area (Å²) in [4.78, 5) is 45.2. The van der Waals surface area contributed by atoms with Crippen molar-refractivity contribution < 1.29 is 38.1 Å². The SMILES string of the molecule is C.C.CCCCC/C=C/CCCCCCCCCCCCCCC(=O)OCC[S-].CCCCC/C=C/CCCCCCCCCCCCCCC(=O)OCC[S-].CCCCC/C=C/CCCCCCCCCCCCCCC(=O)OCC[S-].CCCCC/C=C/CCCCCCCCCCCCCCC(=O)OCC[S-].S.[Sn+2].[Sn+2]. The summed E-state index contributed by atoms with van der Waals surface area (Å²) < 4.78 is 19.9. The number of hydrogen-bond donors (Lipinski definition) is 0. The van der Waals surface area contributed by atoms with Gasteiger partial charge in [-0.05, 0) is 128 Å². The second-order valence-corrected chi connectivity index (χ2v) is 32.3. The van der Waals surface area contributed by atoms with Crippen molar-refractivity contribution >= 4 is 136 Å². The number of carbonyl (C=O) groups excluding carboxylic acids is 4. The smallest absolute Gasteiger partial charge is 0.789 e. The van der Waals surface area contributed by atoms with E-state index in [9.17, 15) is 19.2 Å². The van der Waals surface area contributed by atoms with Crippen molar-refractivity contribution in [3.63, 3.8) is 0 Å². The van der Waals surface area contributed by atoms with E-state index in [0.29, 0.717) is 75.1 Å². The number of esters is 4. The molecule has 0 N–H and O–H groups in total. The minimum Gasteiger partial charge on any atom is -0.789 e. The Morgan fingerprint density at radius 2 is 0.301 bits per heavy atom. The Hall–Kier alpha value is 0.187. The molecule has 0 saturated heterocycles. The molecule has 0 fully saturated rings. The number of unbranched alkanes of at least 4 members (excludes halogenated alkanes) is 60. The standard InChI is InChI=1S/4C24H46O2S.2CH4.H2S.2Sn/c4*1-2-3-4-5-6-7-8-9-10-11-12-13-14-15-16-17-18-19-20-21-24(25)26-22-23-27;;;;;/h4*6-7,27H,2-5,8-23H2,1H3;2*1H4;1H2;;/q;;;;;;;2*+2/p-4/b4*7-6+;;;;;. The van der Waals surface area contributed by atoms with Crippen LogP contribution < -0.4 is 0 Å². The first-order valence-electron chi connectivity index (χ1n) is 46.8. The second kappa shape index (κ2) is 128. The van der Waals surface area contributed by atoms with Crippen LogP contribution in [0.25, 0.3) is 0 Å². The Morgan fingerprint density at radius 1 is 0.195 bits per heavy atom. The number of ether oxygens (including phenoxy) is 4. The van der Waals surface area contributed by atoms with E-state index in [1.54, 1.807) is 0 Å². The first kappa shape index (κ1) is 131. The molecule has 0 atom stereocenters. The van der Waals surface area contributed by atoms with Crippen LogP contribution >= 0.6 is 13.5 Å². The Balaban J connectivity index is -0.000000180. The van der Waals surface area contributed by atoms with Gasteiger partial charge in [-0.1, -0.05) is 399 Å². The first-order chi connectivity index (χ1) is 53.2. The van der Waals surface area contributed by atoms with Crippen LogP contribution in [0.15, 0.2) is 48.6 Å². The predicted molar refractivity (Wildman–Crippen MR) is 520 cm³/mol. The quantitative estimate of drug-likeness (QED) is 0.0145. The molecule has 15 heteroatoms. The Labute approximate surface area is 769 Å². The minimum atomic E-state index is -0.0807. The summed E-state index contributed by atoms with van der Waals surface area (Å²) in [5.41, 5.74) is 0. The van der Waals surface area contributed by atoms with Gasteiger partial charge in [0, 0.05) is 25.7 Å². The third-order valence-corrected chi connectivity index (χ3v) is 20.6. The molecule has 0 heterocycles. The van der Waals surface area contributed by atoms with Gasteiger partial charge in [0.25, 0.3) is 0 Å². The number of hydrogen-bond acceptors (Lipinski definition) is 12. The van der Waals surface area contributed by atoms with Crippen molar-refractivity contribution in [2.24, 2.45) is 0 Å². The van der Waals surface area contributed by atoms with Gasteiger partial charge in [0.1, 0.15) is 0 Å². The van der Waals surface area contributed by atoms with E-state index in [1.165, 1.54) is 385 Å². The normalized spacial score (nSPS) is 10.8. The number of allylic oxidation sites excluding steroid dienone is 8. The Morgan fingerprint density at radius 3 is 0.416 bits per heavy atom. The molecule has 0 aromatic carbocycles. The fraction of sp³-hybridized carbons (Fsp3) is 0.878. The van der Waals surface area contributed by atoms with Crippen LogP contribution in [0.4, 0.5) is 0 Å². The van der Waals surface area contributed by atoms with E-state index in [0.717, 1.165) is 51.4 Å². The van der Waals surface area contributed by atoms with Crippen molar-refractivity contribution in [3.05, 3.63) is 48.6 Å². The summed E-state index contributed by atoms with van der Waals surface area (Å²) in [6.45, 7) is 10.6. The van der Waals surface area contributed by atoms with Crippen molar-refractivity contribution in [1.82, 2.24) is 0 Å². The number of carbonyl (C=O) groups is 4. The van der Waals surface area contributed by atoms with Crippen LogP contribution in [0.5, 0.6) is 0 Å². The van der Waals surface area contributed by atoms with Crippen molar-refractivity contribution in [1.29, 1.82) is 0 Å². The molecular formula is C98H190O8S5Sn2. The van der Waals surface area contributed by atoms with E-state index >= 15 is 0 Å². The van der Waals surface area contributed by atoms with E-state index in [-0.39, 0.29) is 100 Å². The Bertz CT molecular complexity index is 1590. The van der Waals surface area contributed by atoms with E-state index < -0.39 is 0 Å². The molecule has 0 bridgehead atoms. The molecule has 0 spiro atoms. The van der Waals surface area contributed by atoms with Crippen LogP contribution in [-0.2, 0) is 88.6 Å². The second-order valence-electron chi connectivity index (χ2n) is 30.7. The summed E-state index contributed by atoms with van der Waals surface area (Å²) in [6, 6.07) is 0. The molecule has 113 heavy (non-hydrogen) atoms. The largest absolute Gasteiger partial charge is 2.00 e. The molecule has 0 unspecified atom stereocenters. The molecule has 0 aliphatic rings. The van der Waals surface area contributed by atoms with Crippen LogP contribution in [0.1, 0.15) is 505 Å². The topological polar surface area (TPSA) is 105 Å². The van der Waals surface area contributed by atoms with Gasteiger partial charge < -0.3 is 69.5 Å². The maximum atomic E-state index is 11.3. The summed E-state index contributed by atoms with van der Waals surface area (Å²) in [5, 5.41) is 0. The van der Waals surface area contributed by atoms with Crippen LogP contribution in [-0.4, -0.2) is 121 Å². The minimum absolute atomic E-state index is 0. The van der Waals surface area contributed by atoms with Gasteiger partial charge in [0.15, 0.2) is 0 Å². The average molecular weight is 1890 g/mol. The molecule has 0 saturated carbocycles. The molecule has 0 aliphatic carbocycles. The predicted octanol–water partition coefficient (Wildman–Crippen LogP) is 31.3. The molecular weight excluding hydrogens is 1700 g/mol. The van der Waals surface area contributed by atoms with Gasteiger partial charge >= 0.3 is 71.7 Å². The van der Waals surface area contributed by atoms with Gasteiger partial charge in [0.2, 0.25) is 0 Å². The fourth-order valence-electron chi connectivity index (χ4n) is 13.1. The summed E-state index contributed by atoms with van der Waals surface area (Å²) >= 11 is 19.0. The molecule has 4 radical (unpaired) electrons. The van der Waals surface area contributed by atoms with E-state index in [1.807, 2.05) is 0 Å². The summed E-state index contributed by atoms with van der Waals surface area (Å²) in [7, 11) is 0. The van der Waals surface area contributed by atoms with Gasteiger partial charge in [-0.3, -0.25) is 19.2 Å². The first-order valence-corrected chi connectivity index (χ1v) is 49.1. The maximum absolute atomic E-state index is 11.3. The van der Waals surface area contributed by atoms with Gasteiger partial charge in [-0.2, -0.15) is 13.5 Å². The number of rotatable bonds is 84. The zero-order valence-corrected chi connectivity index (χ0v) is 83.6. The van der Waals surface area contributed by atoms with E-state index in [2.05, 4.69) is 76.3 Å². The average Bonchev–Trinajstić information content (AvgIpc) is 1.34. The zero-order valence-electron chi connectivity index (χ0n) is 73.6. The van der Waals surface area contributed by atoms with Crippen LogP contribution in [0.2, 0.25) is 0 Å². The third kappa shape index (κ3) is 136. The molecule has 8 nitrogen and oxygen atoms in total. The summed E-state index contributed by atoms with van der Waals surface area (Å²) in [5.74, 6) is 1.69. The van der Waals surface area contributed by atoms with Gasteiger partial charge in [0.05, 0.1) is 26.4 Å². The van der Waals surface area contributed by atoms with Crippen molar-refractivity contribution in [2.45, 2.75) is 505 Å². The third-order valence-electron chi connectivity index (χ3n) is 20.0.